The molecule has 0 spiro atoms. The second-order valence-electron chi connectivity index (χ2n) is 5.78. The van der Waals surface area contributed by atoms with Crippen LogP contribution in [0.3, 0.4) is 0 Å². The van der Waals surface area contributed by atoms with E-state index in [1.807, 2.05) is 12.1 Å². The molecule has 2 aromatic carbocycles. The first-order valence-corrected chi connectivity index (χ1v) is 9.26. The summed E-state index contributed by atoms with van der Waals surface area (Å²) >= 11 is 6.51. The SMILES string of the molecule is O=C(O)c1cccc(N2C(=O)/C(=C/c3ccc4c(c3)OCCO4)SC2=S)c1. The van der Waals surface area contributed by atoms with Crippen LogP contribution in [-0.4, -0.2) is 34.5 Å². The monoisotopic (exact) mass is 399 g/mol. The molecular formula is C19H13NO5S2. The van der Waals surface area contributed by atoms with E-state index in [1.54, 1.807) is 24.3 Å². The molecule has 6 nitrogen and oxygen atoms in total. The number of thiocarbonyl (C=S) groups is 1. The van der Waals surface area contributed by atoms with E-state index < -0.39 is 5.97 Å². The van der Waals surface area contributed by atoms with Crippen LogP contribution < -0.4 is 14.4 Å². The minimum Gasteiger partial charge on any atom is -0.486 e. The number of anilines is 1. The lowest BCUT2D eigenvalue weighted by molar-refractivity contribution is -0.113. The fourth-order valence-corrected chi connectivity index (χ4v) is 4.07. The number of hydrogen-bond donors (Lipinski definition) is 1. The third-order valence-electron chi connectivity index (χ3n) is 4.01. The number of carboxylic acids is 1. The largest absolute Gasteiger partial charge is 0.486 e. The van der Waals surface area contributed by atoms with Crippen molar-refractivity contribution < 1.29 is 24.2 Å². The van der Waals surface area contributed by atoms with Gasteiger partial charge in [0.05, 0.1) is 16.2 Å². The Bertz CT molecular complexity index is 1000. The van der Waals surface area contributed by atoms with Crippen molar-refractivity contribution in [2.75, 3.05) is 18.1 Å². The third-order valence-corrected chi connectivity index (χ3v) is 5.31. The highest BCUT2D eigenvalue weighted by molar-refractivity contribution is 8.27. The van der Waals surface area contributed by atoms with E-state index in [9.17, 15) is 9.59 Å². The van der Waals surface area contributed by atoms with Crippen LogP contribution in [0.2, 0.25) is 0 Å². The van der Waals surface area contributed by atoms with Gasteiger partial charge >= 0.3 is 5.97 Å². The maximum atomic E-state index is 12.8. The maximum Gasteiger partial charge on any atom is 0.335 e. The molecule has 4 rings (SSSR count). The molecule has 2 aliphatic heterocycles. The van der Waals surface area contributed by atoms with Crippen molar-refractivity contribution in [2.24, 2.45) is 0 Å². The Labute approximate surface area is 164 Å². The number of thioether (sulfide) groups is 1. The van der Waals surface area contributed by atoms with Gasteiger partial charge in [-0.3, -0.25) is 9.69 Å². The summed E-state index contributed by atoms with van der Waals surface area (Å²) < 4.78 is 11.4. The topological polar surface area (TPSA) is 76.1 Å². The first kappa shape index (κ1) is 17.6. The van der Waals surface area contributed by atoms with Gasteiger partial charge in [0.15, 0.2) is 15.8 Å². The van der Waals surface area contributed by atoms with Gasteiger partial charge in [-0.15, -0.1) is 0 Å². The van der Waals surface area contributed by atoms with Crippen molar-refractivity contribution >= 4 is 51.9 Å². The number of aromatic carboxylic acids is 1. The van der Waals surface area contributed by atoms with Gasteiger partial charge in [-0.2, -0.15) is 0 Å². The van der Waals surface area contributed by atoms with Gasteiger partial charge in [-0.25, -0.2) is 4.79 Å². The number of carbonyl (C=O) groups excluding carboxylic acids is 1. The molecule has 1 saturated heterocycles. The maximum absolute atomic E-state index is 12.8. The highest BCUT2D eigenvalue weighted by Crippen LogP contribution is 2.37. The molecule has 1 N–H and O–H groups in total. The van der Waals surface area contributed by atoms with Gasteiger partial charge in [0.1, 0.15) is 13.2 Å². The van der Waals surface area contributed by atoms with Crippen LogP contribution in [0, 0.1) is 0 Å². The summed E-state index contributed by atoms with van der Waals surface area (Å²) in [6.07, 6.45) is 1.73. The van der Waals surface area contributed by atoms with Gasteiger partial charge in [-0.05, 0) is 42.0 Å². The second-order valence-corrected chi connectivity index (χ2v) is 7.45. The molecule has 8 heteroatoms. The van der Waals surface area contributed by atoms with Crippen LogP contribution in [0.15, 0.2) is 47.4 Å². The van der Waals surface area contributed by atoms with Crippen LogP contribution in [0.4, 0.5) is 5.69 Å². The molecule has 0 atom stereocenters. The molecule has 1 fully saturated rings. The quantitative estimate of drug-likeness (QED) is 0.625. The predicted octanol–water partition coefficient (Wildman–Crippen LogP) is 3.56. The first-order valence-electron chi connectivity index (χ1n) is 8.04. The molecule has 2 aliphatic rings. The molecule has 0 aromatic heterocycles. The van der Waals surface area contributed by atoms with E-state index in [-0.39, 0.29) is 11.5 Å². The summed E-state index contributed by atoms with van der Waals surface area (Å²) in [6.45, 7) is 0.999. The van der Waals surface area contributed by atoms with Crippen molar-refractivity contribution in [3.8, 4) is 11.5 Å². The average molecular weight is 399 g/mol. The number of ether oxygens (including phenoxy) is 2. The van der Waals surface area contributed by atoms with Crippen molar-refractivity contribution in [2.45, 2.75) is 0 Å². The Balaban J connectivity index is 1.64. The molecule has 0 aliphatic carbocycles. The summed E-state index contributed by atoms with van der Waals surface area (Å²) in [4.78, 5) is 25.8. The Morgan fingerprint density at radius 1 is 1.15 bits per heavy atom. The van der Waals surface area contributed by atoms with Crippen molar-refractivity contribution in [1.82, 2.24) is 0 Å². The number of hydrogen-bond acceptors (Lipinski definition) is 6. The fourth-order valence-electron chi connectivity index (χ4n) is 2.77. The molecule has 0 unspecified atom stereocenters. The summed E-state index contributed by atoms with van der Waals surface area (Å²) in [5, 5.41) is 9.15. The first-order chi connectivity index (χ1) is 13.0. The van der Waals surface area contributed by atoms with Crippen LogP contribution in [0.1, 0.15) is 15.9 Å². The van der Waals surface area contributed by atoms with Crippen molar-refractivity contribution in [3.05, 3.63) is 58.5 Å². The summed E-state index contributed by atoms with van der Waals surface area (Å²) in [5.74, 6) is -0.0346. The van der Waals surface area contributed by atoms with E-state index in [0.29, 0.717) is 39.6 Å². The second kappa shape index (κ2) is 7.05. The number of carboxylic acid groups (broad SMARTS) is 1. The molecule has 0 bridgehead atoms. The third kappa shape index (κ3) is 3.41. The predicted molar refractivity (Wildman–Crippen MR) is 106 cm³/mol. The zero-order valence-electron chi connectivity index (χ0n) is 13.9. The smallest absolute Gasteiger partial charge is 0.335 e. The van der Waals surface area contributed by atoms with E-state index in [2.05, 4.69) is 0 Å². The molecule has 0 radical (unpaired) electrons. The van der Waals surface area contributed by atoms with Gasteiger partial charge < -0.3 is 14.6 Å². The molecule has 2 heterocycles. The van der Waals surface area contributed by atoms with Crippen LogP contribution >= 0.6 is 24.0 Å². The van der Waals surface area contributed by atoms with Gasteiger partial charge in [0, 0.05) is 0 Å². The van der Waals surface area contributed by atoms with E-state index >= 15 is 0 Å². The number of carbonyl (C=O) groups is 2. The van der Waals surface area contributed by atoms with Crippen LogP contribution in [0.5, 0.6) is 11.5 Å². The molecule has 2 aromatic rings. The molecule has 0 saturated carbocycles. The van der Waals surface area contributed by atoms with Crippen LogP contribution in [0.25, 0.3) is 6.08 Å². The van der Waals surface area contributed by atoms with E-state index in [0.717, 1.165) is 5.56 Å². The fraction of sp³-hybridized carbons (Fsp3) is 0.105. The number of fused-ring (bicyclic) bond motifs is 1. The number of amides is 1. The lowest BCUT2D eigenvalue weighted by atomic mass is 10.1. The van der Waals surface area contributed by atoms with E-state index in [4.69, 9.17) is 26.8 Å². The molecular weight excluding hydrogens is 386 g/mol. The summed E-state index contributed by atoms with van der Waals surface area (Å²) in [6, 6.07) is 11.6. The Hall–Kier alpha value is -2.84. The zero-order chi connectivity index (χ0) is 19.0. The summed E-state index contributed by atoms with van der Waals surface area (Å²) in [5.41, 5.74) is 1.32. The van der Waals surface area contributed by atoms with Gasteiger partial charge in [0.2, 0.25) is 0 Å². The van der Waals surface area contributed by atoms with Crippen LogP contribution in [-0.2, 0) is 4.79 Å². The lowest BCUT2D eigenvalue weighted by Gasteiger charge is -2.18. The highest BCUT2D eigenvalue weighted by Gasteiger charge is 2.33. The van der Waals surface area contributed by atoms with Crippen molar-refractivity contribution in [3.63, 3.8) is 0 Å². The molecule has 1 amide bonds. The minimum absolute atomic E-state index is 0.0948. The Morgan fingerprint density at radius 2 is 1.93 bits per heavy atom. The molecule has 136 valence electrons. The van der Waals surface area contributed by atoms with Gasteiger partial charge in [-0.1, -0.05) is 36.1 Å². The molecule has 27 heavy (non-hydrogen) atoms. The number of rotatable bonds is 3. The Morgan fingerprint density at radius 3 is 2.70 bits per heavy atom. The summed E-state index contributed by atoms with van der Waals surface area (Å²) in [7, 11) is 0. The van der Waals surface area contributed by atoms with Crippen molar-refractivity contribution in [1.29, 1.82) is 0 Å². The number of nitrogens with zero attached hydrogens (tertiary/aromatic N) is 1. The van der Waals surface area contributed by atoms with Gasteiger partial charge in [0.25, 0.3) is 5.91 Å². The lowest BCUT2D eigenvalue weighted by Crippen LogP contribution is -2.27. The highest BCUT2D eigenvalue weighted by atomic mass is 32.2. The Kier molecular flexibility index (Phi) is 4.59. The standard InChI is InChI=1S/C19H13NO5S2/c21-17-16(9-11-4-5-14-15(8-11)25-7-6-24-14)27-19(26)20(17)13-3-1-2-12(10-13)18(22)23/h1-5,8-10H,6-7H2,(H,22,23)/b16-9-. The average Bonchev–Trinajstić information content (AvgIpc) is 2.95. The normalized spacial score (nSPS) is 17.5. The van der Waals surface area contributed by atoms with E-state index in [1.165, 1.54) is 28.8 Å². The number of benzene rings is 2. The minimum atomic E-state index is -1.06. The zero-order valence-corrected chi connectivity index (χ0v) is 15.5.